The number of fused-ring (bicyclic) bond motifs is 1. The number of hydrogen-bond acceptors (Lipinski definition) is 4. The van der Waals surface area contributed by atoms with Crippen molar-refractivity contribution >= 4 is 45.3 Å². The fourth-order valence-electron chi connectivity index (χ4n) is 3.75. The second kappa shape index (κ2) is 8.05. The van der Waals surface area contributed by atoms with Gasteiger partial charge in [0.2, 0.25) is 5.88 Å². The van der Waals surface area contributed by atoms with Crippen LogP contribution in [0, 0.1) is 3.57 Å². The quantitative estimate of drug-likeness (QED) is 0.425. The Morgan fingerprint density at radius 2 is 1.86 bits per heavy atom. The molecule has 0 amide bonds. The van der Waals surface area contributed by atoms with Gasteiger partial charge in [0, 0.05) is 20.6 Å². The Labute approximate surface area is 177 Å². The molecule has 0 unspecified atom stereocenters. The van der Waals surface area contributed by atoms with Gasteiger partial charge in [0.1, 0.15) is 0 Å². The Hall–Kier alpha value is -2.19. The van der Waals surface area contributed by atoms with Crippen LogP contribution in [-0.2, 0) is 0 Å². The van der Waals surface area contributed by atoms with Crippen molar-refractivity contribution in [2.75, 3.05) is 20.1 Å². The van der Waals surface area contributed by atoms with Crippen LogP contribution in [0.5, 0.6) is 5.88 Å². The number of piperidine rings is 1. The molecule has 0 bridgehead atoms. The molecule has 0 atom stereocenters. The fraction of sp³-hybridized carbons (Fsp3) is 0.273. The van der Waals surface area contributed by atoms with Gasteiger partial charge in [-0.05, 0) is 97.4 Å². The number of aromatic nitrogens is 1. The number of hydrogen-bond donors (Lipinski definition) is 2. The van der Waals surface area contributed by atoms with Crippen molar-refractivity contribution in [3.05, 3.63) is 67.5 Å². The van der Waals surface area contributed by atoms with E-state index in [-0.39, 0.29) is 11.4 Å². The summed E-state index contributed by atoms with van der Waals surface area (Å²) in [6, 6.07) is 13.8. The molecule has 1 fully saturated rings. The number of nitrogens with one attached hydrogen (secondary N) is 1. The lowest BCUT2D eigenvalue weighted by Crippen LogP contribution is -2.29. The van der Waals surface area contributed by atoms with Crippen LogP contribution in [0.4, 0.5) is 5.69 Å². The van der Waals surface area contributed by atoms with Gasteiger partial charge in [0.15, 0.2) is 0 Å². The molecule has 144 valence electrons. The van der Waals surface area contributed by atoms with E-state index in [0.29, 0.717) is 22.3 Å². The second-order valence-electron chi connectivity index (χ2n) is 7.33. The van der Waals surface area contributed by atoms with Crippen LogP contribution in [0.25, 0.3) is 10.8 Å². The van der Waals surface area contributed by atoms with E-state index >= 15 is 0 Å². The standard InChI is InChI=1S/C22H22IN3O2/c1-26-10-8-15(9-11-26)14-2-5-17(6-3-14)24-13-20-19-12-16(23)4-7-18(19)21(27)25-22(20)28/h2-7,12-13,15H,8-11H2,1H3,(H2,25,27,28). The first-order chi connectivity index (χ1) is 13.5. The van der Waals surface area contributed by atoms with Gasteiger partial charge in [0.05, 0.1) is 11.3 Å². The lowest BCUT2D eigenvalue weighted by atomic mass is 9.89. The Balaban J connectivity index is 1.61. The SMILES string of the molecule is CN1CCC(c2ccc(N=Cc3c(O)[nH]c(=O)c4ccc(I)cc34)cc2)CC1. The predicted octanol–water partition coefficient (Wildman–Crippen LogP) is 4.40. The van der Waals surface area contributed by atoms with Crippen molar-refractivity contribution in [3.8, 4) is 5.88 Å². The van der Waals surface area contributed by atoms with Gasteiger partial charge in [-0.15, -0.1) is 0 Å². The molecule has 1 aliphatic rings. The van der Waals surface area contributed by atoms with E-state index in [4.69, 9.17) is 0 Å². The van der Waals surface area contributed by atoms with E-state index in [1.165, 1.54) is 18.4 Å². The van der Waals surface area contributed by atoms with Crippen LogP contribution < -0.4 is 5.56 Å². The van der Waals surface area contributed by atoms with E-state index in [9.17, 15) is 9.90 Å². The van der Waals surface area contributed by atoms with E-state index in [1.807, 2.05) is 24.3 Å². The summed E-state index contributed by atoms with van der Waals surface area (Å²) >= 11 is 2.19. The maximum Gasteiger partial charge on any atom is 0.258 e. The first kappa shape index (κ1) is 19.1. The van der Waals surface area contributed by atoms with E-state index < -0.39 is 0 Å². The van der Waals surface area contributed by atoms with Gasteiger partial charge in [-0.3, -0.25) is 14.8 Å². The van der Waals surface area contributed by atoms with Crippen molar-refractivity contribution in [1.82, 2.24) is 9.88 Å². The van der Waals surface area contributed by atoms with Gasteiger partial charge in [-0.25, -0.2) is 0 Å². The maximum atomic E-state index is 12.1. The lowest BCUT2D eigenvalue weighted by molar-refractivity contribution is 0.255. The smallest absolute Gasteiger partial charge is 0.258 e. The summed E-state index contributed by atoms with van der Waals surface area (Å²) < 4.78 is 0.993. The zero-order chi connectivity index (χ0) is 19.7. The zero-order valence-corrected chi connectivity index (χ0v) is 17.8. The Morgan fingerprint density at radius 1 is 1.14 bits per heavy atom. The average molecular weight is 487 g/mol. The fourth-order valence-corrected chi connectivity index (χ4v) is 4.24. The van der Waals surface area contributed by atoms with E-state index in [1.54, 1.807) is 12.3 Å². The van der Waals surface area contributed by atoms with Gasteiger partial charge in [-0.2, -0.15) is 0 Å². The molecule has 2 heterocycles. The van der Waals surface area contributed by atoms with E-state index in [2.05, 4.69) is 56.6 Å². The van der Waals surface area contributed by atoms with E-state index in [0.717, 1.165) is 22.3 Å². The molecular weight excluding hydrogens is 465 g/mol. The molecule has 4 rings (SSSR count). The molecule has 1 aromatic heterocycles. The minimum Gasteiger partial charge on any atom is -0.494 e. The average Bonchev–Trinajstić information content (AvgIpc) is 2.68. The van der Waals surface area contributed by atoms with Crippen LogP contribution in [0.2, 0.25) is 0 Å². The van der Waals surface area contributed by atoms with Crippen LogP contribution in [-0.4, -0.2) is 41.3 Å². The third kappa shape index (κ3) is 3.98. The maximum absolute atomic E-state index is 12.1. The molecule has 0 aliphatic carbocycles. The zero-order valence-electron chi connectivity index (χ0n) is 15.7. The number of rotatable bonds is 3. The summed E-state index contributed by atoms with van der Waals surface area (Å²) in [6.07, 6.45) is 4.00. The van der Waals surface area contributed by atoms with Gasteiger partial charge < -0.3 is 10.0 Å². The van der Waals surface area contributed by atoms with Crippen LogP contribution in [0.1, 0.15) is 29.9 Å². The minimum atomic E-state index is -0.302. The van der Waals surface area contributed by atoms with Gasteiger partial charge >= 0.3 is 0 Å². The summed E-state index contributed by atoms with van der Waals surface area (Å²) in [5.41, 5.74) is 2.40. The van der Waals surface area contributed by atoms with Crippen LogP contribution >= 0.6 is 22.6 Å². The highest BCUT2D eigenvalue weighted by atomic mass is 127. The van der Waals surface area contributed by atoms with Crippen LogP contribution in [0.15, 0.2) is 52.3 Å². The first-order valence-corrected chi connectivity index (χ1v) is 10.5. The van der Waals surface area contributed by atoms with Crippen molar-refractivity contribution in [2.24, 2.45) is 4.99 Å². The molecule has 1 aliphatic heterocycles. The molecule has 2 N–H and O–H groups in total. The molecule has 3 aromatic rings. The molecule has 1 saturated heterocycles. The predicted molar refractivity (Wildman–Crippen MR) is 122 cm³/mol. The molecule has 5 nitrogen and oxygen atoms in total. The highest BCUT2D eigenvalue weighted by Gasteiger charge is 2.18. The monoisotopic (exact) mass is 487 g/mol. The summed E-state index contributed by atoms with van der Waals surface area (Å²) in [6.45, 7) is 2.28. The number of aliphatic imine (C=N–C) groups is 1. The minimum absolute atomic E-state index is 0.161. The van der Waals surface area contributed by atoms with Crippen molar-refractivity contribution in [1.29, 1.82) is 0 Å². The number of benzene rings is 2. The largest absolute Gasteiger partial charge is 0.494 e. The topological polar surface area (TPSA) is 68.7 Å². The number of aromatic hydroxyl groups is 1. The summed E-state index contributed by atoms with van der Waals surface area (Å²) in [7, 11) is 2.17. The normalized spacial score (nSPS) is 16.2. The summed E-state index contributed by atoms with van der Waals surface area (Å²) in [4.78, 5) is 21.5. The van der Waals surface area contributed by atoms with Crippen LogP contribution in [0.3, 0.4) is 0 Å². The van der Waals surface area contributed by atoms with Crippen molar-refractivity contribution in [3.63, 3.8) is 0 Å². The third-order valence-electron chi connectivity index (χ3n) is 5.43. The molecule has 28 heavy (non-hydrogen) atoms. The highest BCUT2D eigenvalue weighted by Crippen LogP contribution is 2.29. The highest BCUT2D eigenvalue weighted by molar-refractivity contribution is 14.1. The molecule has 0 saturated carbocycles. The Kier molecular flexibility index (Phi) is 5.50. The summed E-state index contributed by atoms with van der Waals surface area (Å²) in [5, 5.41) is 11.5. The summed E-state index contributed by atoms with van der Waals surface area (Å²) in [5.74, 6) is 0.453. The van der Waals surface area contributed by atoms with Gasteiger partial charge in [0.25, 0.3) is 5.56 Å². The number of H-pyrrole nitrogens is 1. The lowest BCUT2D eigenvalue weighted by Gasteiger charge is -2.29. The number of halogens is 1. The number of nitrogens with zero attached hydrogens (tertiary/aromatic N) is 2. The van der Waals surface area contributed by atoms with Gasteiger partial charge in [-0.1, -0.05) is 12.1 Å². The molecule has 0 radical (unpaired) electrons. The number of aromatic amines is 1. The van der Waals surface area contributed by atoms with Crippen molar-refractivity contribution < 1.29 is 5.11 Å². The van der Waals surface area contributed by atoms with Crippen molar-refractivity contribution in [2.45, 2.75) is 18.8 Å². The molecule has 0 spiro atoms. The number of pyridine rings is 1. The second-order valence-corrected chi connectivity index (χ2v) is 8.58. The first-order valence-electron chi connectivity index (χ1n) is 9.38. The molecular formula is C22H22IN3O2. The number of likely N-dealkylation sites (tertiary alicyclic amines) is 1. The molecule has 2 aromatic carbocycles. The Bertz CT molecular complexity index is 1080. The third-order valence-corrected chi connectivity index (χ3v) is 6.10. The Morgan fingerprint density at radius 3 is 2.57 bits per heavy atom. The molecule has 6 heteroatoms.